The Balaban J connectivity index is 4.37. The Labute approximate surface area is 77.8 Å². The molecule has 0 unspecified atom stereocenters. The van der Waals surface area contributed by atoms with Gasteiger partial charge in [0.15, 0.2) is 6.29 Å². The van der Waals surface area contributed by atoms with E-state index in [0.29, 0.717) is 0 Å². The average molecular weight is 243 g/mol. The first-order valence-electron chi connectivity index (χ1n) is 3.24. The zero-order valence-corrected chi connectivity index (χ0v) is 7.97. The van der Waals surface area contributed by atoms with Gasteiger partial charge in [-0.1, -0.05) is 0 Å². The Bertz CT molecular complexity index is 158. The smallest absolute Gasteiger partial charge is 0.203 e. The first kappa shape index (κ1) is 12.0. The lowest BCUT2D eigenvalue weighted by molar-refractivity contribution is -0.137. The topological polar surface area (TPSA) is 98.0 Å². The number of hydrogen-bond acceptors (Lipinski definition) is 5. The third-order valence-electron chi connectivity index (χ3n) is 1.40. The lowest BCUT2D eigenvalue weighted by atomic mass is 10.1. The van der Waals surface area contributed by atoms with Gasteiger partial charge in [-0.25, -0.2) is 0 Å². The fourth-order valence-corrected chi connectivity index (χ4v) is 0.844. The highest BCUT2D eigenvalue weighted by Gasteiger charge is 2.39. The molecule has 0 amide bonds. The van der Waals surface area contributed by atoms with E-state index in [1.54, 1.807) is 0 Å². The van der Waals surface area contributed by atoms with E-state index < -0.39 is 22.8 Å². The normalized spacial score (nSPS) is 23.8. The summed E-state index contributed by atoms with van der Waals surface area (Å²) in [5, 5.41) is 35.9. The summed E-state index contributed by atoms with van der Waals surface area (Å²) < 4.78 is -2.22. The van der Waals surface area contributed by atoms with Crippen LogP contribution in [0.15, 0.2) is 0 Å². The van der Waals surface area contributed by atoms with E-state index in [0.717, 1.165) is 0 Å². The molecule has 0 aliphatic heterocycles. The first-order valence-corrected chi connectivity index (χ1v) is 4.04. The van der Waals surface area contributed by atoms with Gasteiger partial charge < -0.3 is 20.4 Å². The van der Waals surface area contributed by atoms with Gasteiger partial charge in [0.2, 0.25) is 4.51 Å². The van der Waals surface area contributed by atoms with Gasteiger partial charge in [0.25, 0.3) is 0 Å². The van der Waals surface area contributed by atoms with Gasteiger partial charge in [-0.3, -0.25) is 4.79 Å². The van der Waals surface area contributed by atoms with Crippen LogP contribution in [0.5, 0.6) is 0 Å². The molecule has 4 atom stereocenters. The predicted molar refractivity (Wildman–Crippen MR) is 43.6 cm³/mol. The maximum absolute atomic E-state index is 10.1. The van der Waals surface area contributed by atoms with Crippen molar-refractivity contribution in [2.45, 2.75) is 29.7 Å². The summed E-state index contributed by atoms with van der Waals surface area (Å²) in [5.74, 6) is 0. The standard InChI is InChI=1S/C6H11BrO5/c1-3(9)4(10)5(11)6(7,12)2-8/h2-5,9-12H,1H3/t3-,4+,5+,6+/m0/s1. The van der Waals surface area contributed by atoms with Crippen molar-refractivity contribution in [3.63, 3.8) is 0 Å². The molecule has 0 aromatic carbocycles. The van der Waals surface area contributed by atoms with Crippen LogP contribution >= 0.6 is 15.9 Å². The van der Waals surface area contributed by atoms with Gasteiger partial charge in [-0.15, -0.1) is 0 Å². The quantitative estimate of drug-likeness (QED) is 0.351. The maximum Gasteiger partial charge on any atom is 0.203 e. The molecular weight excluding hydrogens is 232 g/mol. The predicted octanol–water partition coefficient (Wildman–Crippen LogP) is -1.63. The SMILES string of the molecule is C[C@H](O)[C@@H](O)[C@@H](O)[C@@](O)(Br)C=O. The van der Waals surface area contributed by atoms with Crippen molar-refractivity contribution in [3.05, 3.63) is 0 Å². The minimum atomic E-state index is -2.22. The van der Waals surface area contributed by atoms with E-state index in [1.165, 1.54) is 6.92 Å². The number of aliphatic hydroxyl groups is 4. The van der Waals surface area contributed by atoms with Gasteiger partial charge in [0.05, 0.1) is 6.10 Å². The molecule has 0 aliphatic rings. The molecule has 0 rings (SSSR count). The van der Waals surface area contributed by atoms with Crippen LogP contribution in [-0.4, -0.2) is 49.5 Å². The molecule has 6 heteroatoms. The van der Waals surface area contributed by atoms with Gasteiger partial charge in [-0.2, -0.15) is 0 Å². The molecule has 0 aliphatic carbocycles. The van der Waals surface area contributed by atoms with E-state index in [9.17, 15) is 4.79 Å². The fourth-order valence-electron chi connectivity index (χ4n) is 0.573. The van der Waals surface area contributed by atoms with E-state index in [4.69, 9.17) is 20.4 Å². The summed E-state index contributed by atoms with van der Waals surface area (Å²) in [4.78, 5) is 10.1. The number of rotatable bonds is 4. The summed E-state index contributed by atoms with van der Waals surface area (Å²) in [6, 6.07) is 0. The monoisotopic (exact) mass is 242 g/mol. The highest BCUT2D eigenvalue weighted by molar-refractivity contribution is 9.10. The van der Waals surface area contributed by atoms with Gasteiger partial charge >= 0.3 is 0 Å². The van der Waals surface area contributed by atoms with E-state index in [1.807, 2.05) is 0 Å². The number of hydrogen-bond donors (Lipinski definition) is 4. The first-order chi connectivity index (χ1) is 5.33. The van der Waals surface area contributed by atoms with Crippen molar-refractivity contribution < 1.29 is 25.2 Å². The lowest BCUT2D eigenvalue weighted by Gasteiger charge is -2.27. The van der Waals surface area contributed by atoms with Crippen LogP contribution in [-0.2, 0) is 4.79 Å². The average Bonchev–Trinajstić information content (AvgIpc) is 2.01. The van der Waals surface area contributed by atoms with E-state index in [-0.39, 0.29) is 6.29 Å². The highest BCUT2D eigenvalue weighted by Crippen LogP contribution is 2.20. The lowest BCUT2D eigenvalue weighted by Crippen LogP contribution is -2.49. The third-order valence-corrected chi connectivity index (χ3v) is 2.05. The van der Waals surface area contributed by atoms with Crippen LogP contribution < -0.4 is 0 Å². The molecular formula is C6H11BrO5. The number of aldehydes is 1. The summed E-state index contributed by atoms with van der Waals surface area (Å²) in [7, 11) is 0. The minimum Gasteiger partial charge on any atom is -0.391 e. The van der Waals surface area contributed by atoms with Gasteiger partial charge in [0, 0.05) is 0 Å². The van der Waals surface area contributed by atoms with Crippen molar-refractivity contribution in [2.75, 3.05) is 0 Å². The number of alkyl halides is 1. The molecule has 0 bridgehead atoms. The molecule has 0 aromatic heterocycles. The van der Waals surface area contributed by atoms with Gasteiger partial charge in [-0.05, 0) is 22.9 Å². The van der Waals surface area contributed by atoms with Gasteiger partial charge in [0.1, 0.15) is 12.2 Å². The van der Waals surface area contributed by atoms with Crippen LogP contribution in [0.25, 0.3) is 0 Å². The number of halogens is 1. The zero-order valence-electron chi connectivity index (χ0n) is 6.38. The van der Waals surface area contributed by atoms with Crippen molar-refractivity contribution in [2.24, 2.45) is 0 Å². The third kappa shape index (κ3) is 2.80. The highest BCUT2D eigenvalue weighted by atomic mass is 79.9. The van der Waals surface area contributed by atoms with Crippen molar-refractivity contribution in [3.8, 4) is 0 Å². The molecule has 72 valence electrons. The fraction of sp³-hybridized carbons (Fsp3) is 0.833. The van der Waals surface area contributed by atoms with Crippen molar-refractivity contribution in [1.29, 1.82) is 0 Å². The van der Waals surface area contributed by atoms with Crippen LogP contribution in [0.3, 0.4) is 0 Å². The molecule has 4 N–H and O–H groups in total. The molecule has 0 saturated carbocycles. The molecule has 0 spiro atoms. The zero-order chi connectivity index (χ0) is 9.94. The Hall–Kier alpha value is -0.0100. The maximum atomic E-state index is 10.1. The summed E-state index contributed by atoms with van der Waals surface area (Å²) >= 11 is 2.48. The summed E-state index contributed by atoms with van der Waals surface area (Å²) in [6.45, 7) is 1.22. The van der Waals surface area contributed by atoms with E-state index >= 15 is 0 Å². The number of carbonyl (C=O) groups is 1. The number of aliphatic hydroxyl groups excluding tert-OH is 3. The minimum absolute atomic E-state index is 0.0310. The van der Waals surface area contributed by atoms with Crippen LogP contribution in [0.4, 0.5) is 0 Å². The second-order valence-electron chi connectivity index (χ2n) is 2.52. The molecule has 12 heavy (non-hydrogen) atoms. The largest absolute Gasteiger partial charge is 0.391 e. The summed E-state index contributed by atoms with van der Waals surface area (Å²) in [6.07, 6.45) is -4.55. The Morgan fingerprint density at radius 2 is 1.83 bits per heavy atom. The van der Waals surface area contributed by atoms with Crippen molar-refractivity contribution in [1.82, 2.24) is 0 Å². The molecule has 0 radical (unpaired) electrons. The Morgan fingerprint density at radius 3 is 2.08 bits per heavy atom. The summed E-state index contributed by atoms with van der Waals surface area (Å²) in [5.41, 5.74) is 0. The molecule has 0 fully saturated rings. The molecule has 0 heterocycles. The van der Waals surface area contributed by atoms with Crippen LogP contribution in [0.1, 0.15) is 6.92 Å². The Kier molecular flexibility index (Phi) is 4.29. The number of carbonyl (C=O) groups excluding carboxylic acids is 1. The second-order valence-corrected chi connectivity index (χ2v) is 3.79. The molecule has 0 saturated heterocycles. The van der Waals surface area contributed by atoms with Crippen LogP contribution in [0, 0.1) is 0 Å². The molecule has 5 nitrogen and oxygen atoms in total. The van der Waals surface area contributed by atoms with Crippen LogP contribution in [0.2, 0.25) is 0 Å². The Morgan fingerprint density at radius 1 is 1.42 bits per heavy atom. The van der Waals surface area contributed by atoms with Crippen molar-refractivity contribution >= 4 is 22.2 Å². The van der Waals surface area contributed by atoms with E-state index in [2.05, 4.69) is 15.9 Å². The second kappa shape index (κ2) is 4.29. The molecule has 0 aromatic rings.